The van der Waals surface area contributed by atoms with Gasteiger partial charge in [0.25, 0.3) is 0 Å². The molecule has 0 aromatic heterocycles. The summed E-state index contributed by atoms with van der Waals surface area (Å²) in [6.45, 7) is 4.78. The monoisotopic (exact) mass is 411 g/mol. The van der Waals surface area contributed by atoms with Crippen LogP contribution < -0.4 is 10.2 Å². The Labute approximate surface area is 166 Å². The van der Waals surface area contributed by atoms with Gasteiger partial charge in [0, 0.05) is 36.9 Å². The Morgan fingerprint density at radius 1 is 1.11 bits per heavy atom. The van der Waals surface area contributed by atoms with Gasteiger partial charge in [0.1, 0.15) is 0 Å². The summed E-state index contributed by atoms with van der Waals surface area (Å²) in [5.41, 5.74) is 1.13. The van der Waals surface area contributed by atoms with E-state index >= 15 is 0 Å². The standard InChI is InChI=1S/C20H21ClF3N3O/c1-14-6-7-15(21)12-18(14)27-10-8-26(9-11-27)13-19(28)25-17-5-3-2-4-16(17)20(22,23)24/h2-7,12H,8-11,13H2,1H3,(H,25,28). The number of benzene rings is 2. The minimum atomic E-state index is -4.51. The third-order valence-electron chi connectivity index (χ3n) is 4.76. The van der Waals surface area contributed by atoms with Crippen molar-refractivity contribution in [2.45, 2.75) is 13.1 Å². The molecule has 1 aliphatic heterocycles. The fraction of sp³-hybridized carbons (Fsp3) is 0.350. The minimum absolute atomic E-state index is 0.0502. The van der Waals surface area contributed by atoms with E-state index in [1.165, 1.54) is 18.2 Å². The van der Waals surface area contributed by atoms with Gasteiger partial charge < -0.3 is 10.2 Å². The maximum absolute atomic E-state index is 13.0. The summed E-state index contributed by atoms with van der Waals surface area (Å²) >= 11 is 6.09. The number of rotatable bonds is 4. The third kappa shape index (κ3) is 4.97. The zero-order chi connectivity index (χ0) is 20.3. The maximum Gasteiger partial charge on any atom is 0.418 e. The highest BCUT2D eigenvalue weighted by molar-refractivity contribution is 6.30. The molecule has 1 aliphatic rings. The molecule has 150 valence electrons. The van der Waals surface area contributed by atoms with Gasteiger partial charge in [-0.25, -0.2) is 0 Å². The van der Waals surface area contributed by atoms with Crippen LogP contribution in [-0.4, -0.2) is 43.5 Å². The Morgan fingerprint density at radius 2 is 1.79 bits per heavy atom. The van der Waals surface area contributed by atoms with Crippen LogP contribution in [0.4, 0.5) is 24.5 Å². The van der Waals surface area contributed by atoms with E-state index < -0.39 is 17.6 Å². The molecule has 2 aromatic rings. The van der Waals surface area contributed by atoms with E-state index in [4.69, 9.17) is 11.6 Å². The van der Waals surface area contributed by atoms with Gasteiger partial charge in [-0.2, -0.15) is 13.2 Å². The van der Waals surface area contributed by atoms with Gasteiger partial charge in [0.05, 0.1) is 17.8 Å². The quantitative estimate of drug-likeness (QED) is 0.808. The van der Waals surface area contributed by atoms with Crippen molar-refractivity contribution in [2.75, 3.05) is 42.9 Å². The summed E-state index contributed by atoms with van der Waals surface area (Å²) in [7, 11) is 0. The average Bonchev–Trinajstić information content (AvgIpc) is 2.64. The van der Waals surface area contributed by atoms with Gasteiger partial charge in [-0.1, -0.05) is 29.8 Å². The zero-order valence-corrected chi connectivity index (χ0v) is 16.1. The molecule has 1 N–H and O–H groups in total. The molecular weight excluding hydrogens is 391 g/mol. The number of anilines is 2. The molecule has 28 heavy (non-hydrogen) atoms. The summed E-state index contributed by atoms with van der Waals surface area (Å²) in [4.78, 5) is 16.4. The van der Waals surface area contributed by atoms with Crippen molar-refractivity contribution < 1.29 is 18.0 Å². The summed E-state index contributed by atoms with van der Waals surface area (Å²) in [5, 5.41) is 3.06. The van der Waals surface area contributed by atoms with E-state index in [-0.39, 0.29) is 12.2 Å². The van der Waals surface area contributed by atoms with E-state index in [0.29, 0.717) is 31.2 Å². The number of para-hydroxylation sites is 1. The van der Waals surface area contributed by atoms with Crippen molar-refractivity contribution in [1.82, 2.24) is 4.90 Å². The number of alkyl halides is 3. The first-order valence-corrected chi connectivity index (χ1v) is 9.31. The number of carbonyl (C=O) groups is 1. The average molecular weight is 412 g/mol. The van der Waals surface area contributed by atoms with Gasteiger partial charge in [0.2, 0.25) is 5.91 Å². The maximum atomic E-state index is 13.0. The van der Waals surface area contributed by atoms with Gasteiger partial charge in [-0.15, -0.1) is 0 Å². The van der Waals surface area contributed by atoms with Crippen LogP contribution in [-0.2, 0) is 11.0 Å². The van der Waals surface area contributed by atoms with Crippen molar-refractivity contribution >= 4 is 28.9 Å². The molecule has 0 saturated carbocycles. The number of piperazine rings is 1. The molecule has 0 aliphatic carbocycles. The van der Waals surface area contributed by atoms with E-state index in [1.54, 1.807) is 0 Å². The Balaban J connectivity index is 1.57. The number of aryl methyl sites for hydroxylation is 1. The highest BCUT2D eigenvalue weighted by Gasteiger charge is 2.33. The Kier molecular flexibility index (Phi) is 6.15. The second kappa shape index (κ2) is 8.41. The summed E-state index contributed by atoms with van der Waals surface area (Å²) in [6.07, 6.45) is -4.51. The second-order valence-corrected chi connectivity index (χ2v) is 7.22. The van der Waals surface area contributed by atoms with Crippen LogP contribution in [0.2, 0.25) is 5.02 Å². The predicted molar refractivity (Wildman–Crippen MR) is 105 cm³/mol. The molecule has 8 heteroatoms. The molecule has 0 spiro atoms. The number of amides is 1. The van der Waals surface area contributed by atoms with Crippen molar-refractivity contribution in [3.8, 4) is 0 Å². The Morgan fingerprint density at radius 3 is 2.46 bits per heavy atom. The smallest absolute Gasteiger partial charge is 0.369 e. The lowest BCUT2D eigenvalue weighted by Crippen LogP contribution is -2.48. The van der Waals surface area contributed by atoms with E-state index in [9.17, 15) is 18.0 Å². The number of hydrogen-bond acceptors (Lipinski definition) is 3. The Hall–Kier alpha value is -2.25. The molecule has 1 amide bonds. The van der Waals surface area contributed by atoms with Crippen LogP contribution in [0.3, 0.4) is 0 Å². The second-order valence-electron chi connectivity index (χ2n) is 6.79. The SMILES string of the molecule is Cc1ccc(Cl)cc1N1CCN(CC(=O)Nc2ccccc2C(F)(F)F)CC1. The van der Waals surface area contributed by atoms with E-state index in [0.717, 1.165) is 17.3 Å². The molecular formula is C20H21ClF3N3O. The van der Waals surface area contributed by atoms with Crippen molar-refractivity contribution in [1.29, 1.82) is 0 Å². The number of hydrogen-bond donors (Lipinski definition) is 1. The van der Waals surface area contributed by atoms with Crippen LogP contribution in [0, 0.1) is 6.92 Å². The van der Waals surface area contributed by atoms with Crippen LogP contribution >= 0.6 is 11.6 Å². The van der Waals surface area contributed by atoms with Crippen molar-refractivity contribution in [3.63, 3.8) is 0 Å². The molecule has 0 radical (unpaired) electrons. The molecule has 0 atom stereocenters. The van der Waals surface area contributed by atoms with Crippen LogP contribution in [0.5, 0.6) is 0 Å². The number of carbonyl (C=O) groups excluding carboxylic acids is 1. The first kappa shape index (κ1) is 20.5. The molecule has 3 rings (SSSR count). The lowest BCUT2D eigenvalue weighted by Gasteiger charge is -2.36. The first-order valence-electron chi connectivity index (χ1n) is 8.93. The molecule has 1 fully saturated rings. The van der Waals surface area contributed by atoms with E-state index in [1.807, 2.05) is 30.0 Å². The van der Waals surface area contributed by atoms with Gasteiger partial charge in [-0.3, -0.25) is 9.69 Å². The lowest BCUT2D eigenvalue weighted by molar-refractivity contribution is -0.137. The number of nitrogens with one attached hydrogen (secondary N) is 1. The molecule has 0 bridgehead atoms. The molecule has 1 heterocycles. The number of halogens is 4. The van der Waals surface area contributed by atoms with Crippen molar-refractivity contribution in [2.24, 2.45) is 0 Å². The molecule has 0 unspecified atom stereocenters. The van der Waals surface area contributed by atoms with Crippen molar-refractivity contribution in [3.05, 3.63) is 58.6 Å². The Bertz CT molecular complexity index is 849. The highest BCUT2D eigenvalue weighted by atomic mass is 35.5. The summed E-state index contributed by atoms with van der Waals surface area (Å²) < 4.78 is 39.1. The largest absolute Gasteiger partial charge is 0.418 e. The predicted octanol–water partition coefficient (Wildman–Crippen LogP) is 4.43. The normalized spacial score (nSPS) is 15.5. The van der Waals surface area contributed by atoms with E-state index in [2.05, 4.69) is 10.2 Å². The van der Waals surface area contributed by atoms with Crippen LogP contribution in [0.25, 0.3) is 0 Å². The summed E-state index contributed by atoms with van der Waals surface area (Å²) in [5.74, 6) is -0.455. The third-order valence-corrected chi connectivity index (χ3v) is 4.99. The number of nitrogens with zero attached hydrogens (tertiary/aromatic N) is 2. The summed E-state index contributed by atoms with van der Waals surface area (Å²) in [6, 6.07) is 10.7. The van der Waals surface area contributed by atoms with Gasteiger partial charge in [-0.05, 0) is 36.8 Å². The van der Waals surface area contributed by atoms with Gasteiger partial charge >= 0.3 is 6.18 Å². The van der Waals surface area contributed by atoms with Crippen LogP contribution in [0.15, 0.2) is 42.5 Å². The highest BCUT2D eigenvalue weighted by Crippen LogP contribution is 2.34. The van der Waals surface area contributed by atoms with Crippen LogP contribution in [0.1, 0.15) is 11.1 Å². The first-order chi connectivity index (χ1) is 13.2. The lowest BCUT2D eigenvalue weighted by atomic mass is 10.1. The fourth-order valence-electron chi connectivity index (χ4n) is 3.30. The minimum Gasteiger partial charge on any atom is -0.369 e. The molecule has 4 nitrogen and oxygen atoms in total. The fourth-order valence-corrected chi connectivity index (χ4v) is 3.47. The van der Waals surface area contributed by atoms with Gasteiger partial charge in [0.15, 0.2) is 0 Å². The topological polar surface area (TPSA) is 35.6 Å². The molecule has 1 saturated heterocycles. The zero-order valence-electron chi connectivity index (χ0n) is 15.4. The molecule has 2 aromatic carbocycles.